The van der Waals surface area contributed by atoms with Gasteiger partial charge in [0.25, 0.3) is 0 Å². The molecule has 0 bridgehead atoms. The topological polar surface area (TPSA) is 38.1 Å². The Balaban J connectivity index is 1.53. The van der Waals surface area contributed by atoms with Crippen LogP contribution in [-0.2, 0) is 11.3 Å². The molecule has 0 N–H and O–H groups in total. The standard InChI is InChI=1S/C24H18BrCl2N3O/c25-17-4-3-5-18(12-17)29-14-16(11-23(29)31)24-28-21-6-1-2-7-22(21)30(24)13-15-8-9-19(26)20(27)10-15/h1-10,12,16H,11,13-14H2. The third kappa shape index (κ3) is 3.98. The maximum absolute atomic E-state index is 12.9. The molecule has 1 saturated heterocycles. The van der Waals surface area contributed by atoms with E-state index in [1.807, 2.05) is 65.6 Å². The highest BCUT2D eigenvalue weighted by atomic mass is 79.9. The third-order valence-corrected chi connectivity index (χ3v) is 6.85. The predicted molar refractivity (Wildman–Crippen MR) is 129 cm³/mol. The number of imidazole rings is 1. The SMILES string of the molecule is O=C1CC(c2nc3ccccc3n2Cc2ccc(Cl)c(Cl)c2)CN1c1cccc(Br)c1. The lowest BCUT2D eigenvalue weighted by Crippen LogP contribution is -2.24. The van der Waals surface area contributed by atoms with Gasteiger partial charge in [-0.3, -0.25) is 4.79 Å². The Bertz CT molecular complexity index is 1300. The number of nitrogens with zero attached hydrogens (tertiary/aromatic N) is 3. The summed E-state index contributed by atoms with van der Waals surface area (Å²) in [4.78, 5) is 19.7. The van der Waals surface area contributed by atoms with E-state index in [0.717, 1.165) is 32.6 Å². The maximum atomic E-state index is 12.9. The van der Waals surface area contributed by atoms with Gasteiger partial charge in [-0.15, -0.1) is 0 Å². The molecule has 5 rings (SSSR count). The lowest BCUT2D eigenvalue weighted by molar-refractivity contribution is -0.117. The van der Waals surface area contributed by atoms with Gasteiger partial charge in [0.1, 0.15) is 5.82 Å². The number of anilines is 1. The molecule has 1 amide bonds. The Hall–Kier alpha value is -2.34. The van der Waals surface area contributed by atoms with E-state index in [4.69, 9.17) is 28.2 Å². The monoisotopic (exact) mass is 513 g/mol. The summed E-state index contributed by atoms with van der Waals surface area (Å²) in [7, 11) is 0. The van der Waals surface area contributed by atoms with E-state index in [2.05, 4.69) is 26.6 Å². The van der Waals surface area contributed by atoms with Crippen molar-refractivity contribution in [1.82, 2.24) is 9.55 Å². The van der Waals surface area contributed by atoms with Crippen LogP contribution in [0.3, 0.4) is 0 Å². The number of fused-ring (bicyclic) bond motifs is 1. The molecule has 1 aliphatic rings. The number of benzene rings is 3. The number of hydrogen-bond donors (Lipinski definition) is 0. The first-order valence-corrected chi connectivity index (χ1v) is 11.5. The quantitative estimate of drug-likeness (QED) is 0.305. The number of aromatic nitrogens is 2. The zero-order valence-corrected chi connectivity index (χ0v) is 19.5. The molecule has 0 aliphatic carbocycles. The van der Waals surface area contributed by atoms with E-state index in [-0.39, 0.29) is 11.8 Å². The fraction of sp³-hybridized carbons (Fsp3) is 0.167. The molecule has 1 fully saturated rings. The van der Waals surface area contributed by atoms with Gasteiger partial charge in [-0.1, -0.05) is 63.4 Å². The van der Waals surface area contributed by atoms with Crippen molar-refractivity contribution >= 4 is 61.8 Å². The molecule has 7 heteroatoms. The lowest BCUT2D eigenvalue weighted by Gasteiger charge is -2.18. The van der Waals surface area contributed by atoms with Gasteiger partial charge < -0.3 is 9.47 Å². The molecule has 2 heterocycles. The molecular weight excluding hydrogens is 497 g/mol. The van der Waals surface area contributed by atoms with E-state index in [0.29, 0.717) is 29.6 Å². The molecule has 0 radical (unpaired) electrons. The Labute approximate surface area is 198 Å². The second-order valence-corrected chi connectivity index (χ2v) is 9.41. The smallest absolute Gasteiger partial charge is 0.227 e. The van der Waals surface area contributed by atoms with Crippen LogP contribution in [0.4, 0.5) is 5.69 Å². The molecular formula is C24H18BrCl2N3O. The Morgan fingerprint density at radius 3 is 2.65 bits per heavy atom. The molecule has 1 aromatic heterocycles. The maximum Gasteiger partial charge on any atom is 0.227 e. The van der Waals surface area contributed by atoms with Gasteiger partial charge in [0.2, 0.25) is 5.91 Å². The summed E-state index contributed by atoms with van der Waals surface area (Å²) in [5, 5.41) is 1.06. The molecule has 156 valence electrons. The van der Waals surface area contributed by atoms with Crippen LogP contribution in [0.5, 0.6) is 0 Å². The van der Waals surface area contributed by atoms with E-state index >= 15 is 0 Å². The minimum absolute atomic E-state index is 0.00153. The van der Waals surface area contributed by atoms with Crippen LogP contribution in [-0.4, -0.2) is 22.0 Å². The van der Waals surface area contributed by atoms with Crippen LogP contribution in [0.15, 0.2) is 71.2 Å². The molecule has 1 aliphatic heterocycles. The van der Waals surface area contributed by atoms with Crippen molar-refractivity contribution in [3.8, 4) is 0 Å². The number of amides is 1. The molecule has 1 atom stereocenters. The van der Waals surface area contributed by atoms with Gasteiger partial charge in [-0.05, 0) is 48.0 Å². The highest BCUT2D eigenvalue weighted by Gasteiger charge is 2.35. The molecule has 1 unspecified atom stereocenters. The van der Waals surface area contributed by atoms with Crippen molar-refractivity contribution < 1.29 is 4.79 Å². The van der Waals surface area contributed by atoms with Crippen LogP contribution in [0.25, 0.3) is 11.0 Å². The molecule has 3 aromatic carbocycles. The lowest BCUT2D eigenvalue weighted by atomic mass is 10.1. The highest BCUT2D eigenvalue weighted by Crippen LogP contribution is 2.34. The average Bonchev–Trinajstić information content (AvgIpc) is 3.31. The van der Waals surface area contributed by atoms with E-state index in [9.17, 15) is 4.79 Å². The van der Waals surface area contributed by atoms with Crippen LogP contribution in [0.1, 0.15) is 23.7 Å². The van der Waals surface area contributed by atoms with Crippen LogP contribution >= 0.6 is 39.1 Å². The summed E-state index contributed by atoms with van der Waals surface area (Å²) in [5.74, 6) is 1.02. The normalized spacial score (nSPS) is 16.4. The summed E-state index contributed by atoms with van der Waals surface area (Å²) in [6, 6.07) is 21.6. The van der Waals surface area contributed by atoms with Crippen LogP contribution < -0.4 is 4.90 Å². The third-order valence-electron chi connectivity index (χ3n) is 5.62. The predicted octanol–water partition coefficient (Wildman–Crippen LogP) is 6.67. The van der Waals surface area contributed by atoms with E-state index in [1.54, 1.807) is 0 Å². The fourth-order valence-corrected chi connectivity index (χ4v) is 4.87. The van der Waals surface area contributed by atoms with E-state index < -0.39 is 0 Å². The van der Waals surface area contributed by atoms with Gasteiger partial charge in [-0.25, -0.2) is 4.98 Å². The molecule has 0 spiro atoms. The minimum Gasteiger partial charge on any atom is -0.323 e. The summed E-state index contributed by atoms with van der Waals surface area (Å²) in [5.41, 5.74) is 3.89. The fourth-order valence-electron chi connectivity index (χ4n) is 4.17. The Kier molecular flexibility index (Phi) is 5.51. The van der Waals surface area contributed by atoms with Crippen molar-refractivity contribution in [3.05, 3.63) is 92.6 Å². The van der Waals surface area contributed by atoms with Crippen molar-refractivity contribution in [3.63, 3.8) is 0 Å². The van der Waals surface area contributed by atoms with Crippen molar-refractivity contribution in [2.75, 3.05) is 11.4 Å². The average molecular weight is 515 g/mol. The second kappa shape index (κ2) is 8.30. The minimum atomic E-state index is 0.00153. The van der Waals surface area contributed by atoms with Gasteiger partial charge >= 0.3 is 0 Å². The van der Waals surface area contributed by atoms with Crippen LogP contribution in [0.2, 0.25) is 10.0 Å². The number of hydrogen-bond acceptors (Lipinski definition) is 2. The largest absolute Gasteiger partial charge is 0.323 e. The number of carbonyl (C=O) groups excluding carboxylic acids is 1. The zero-order valence-electron chi connectivity index (χ0n) is 16.4. The molecule has 4 nitrogen and oxygen atoms in total. The highest BCUT2D eigenvalue weighted by molar-refractivity contribution is 9.10. The summed E-state index contributed by atoms with van der Waals surface area (Å²) in [6.45, 7) is 1.20. The first-order chi connectivity index (χ1) is 15.0. The number of para-hydroxylation sites is 2. The van der Waals surface area contributed by atoms with Gasteiger partial charge in [0.15, 0.2) is 0 Å². The first-order valence-electron chi connectivity index (χ1n) is 9.94. The number of carbonyl (C=O) groups is 1. The Morgan fingerprint density at radius 1 is 1.00 bits per heavy atom. The second-order valence-electron chi connectivity index (χ2n) is 7.68. The first kappa shape index (κ1) is 20.6. The van der Waals surface area contributed by atoms with E-state index in [1.165, 1.54) is 0 Å². The van der Waals surface area contributed by atoms with Crippen LogP contribution in [0, 0.1) is 0 Å². The number of rotatable bonds is 4. The molecule has 31 heavy (non-hydrogen) atoms. The molecule has 4 aromatic rings. The summed E-state index contributed by atoms with van der Waals surface area (Å²) < 4.78 is 3.14. The Morgan fingerprint density at radius 2 is 1.84 bits per heavy atom. The van der Waals surface area contributed by atoms with Crippen molar-refractivity contribution in [2.45, 2.75) is 18.9 Å². The number of halogens is 3. The van der Waals surface area contributed by atoms with Gasteiger partial charge in [0.05, 0.1) is 21.1 Å². The van der Waals surface area contributed by atoms with Crippen molar-refractivity contribution in [1.29, 1.82) is 0 Å². The summed E-state index contributed by atoms with van der Waals surface area (Å²) >= 11 is 15.8. The van der Waals surface area contributed by atoms with Gasteiger partial charge in [0, 0.05) is 35.6 Å². The molecule has 0 saturated carbocycles. The zero-order chi connectivity index (χ0) is 21.5. The van der Waals surface area contributed by atoms with Gasteiger partial charge in [-0.2, -0.15) is 0 Å². The van der Waals surface area contributed by atoms with Crippen molar-refractivity contribution in [2.24, 2.45) is 0 Å². The summed E-state index contributed by atoms with van der Waals surface area (Å²) in [6.07, 6.45) is 0.428.